The van der Waals surface area contributed by atoms with E-state index in [1.165, 1.54) is 0 Å². The van der Waals surface area contributed by atoms with E-state index in [1.807, 2.05) is 28.0 Å². The Morgan fingerprint density at radius 3 is 2.68 bits per heavy atom. The highest BCUT2D eigenvalue weighted by atomic mass is 79.9. The van der Waals surface area contributed by atoms with Crippen LogP contribution in [0.15, 0.2) is 22.7 Å². The van der Waals surface area contributed by atoms with Crippen LogP contribution in [0.25, 0.3) is 11.4 Å². The molecule has 2 saturated heterocycles. The maximum Gasteiger partial charge on any atom is 0.320 e. The quantitative estimate of drug-likeness (QED) is 0.751. The Bertz CT molecular complexity index is 852. The Balaban J connectivity index is 1.46. The molecule has 3 amide bonds. The van der Waals surface area contributed by atoms with E-state index in [2.05, 4.69) is 41.9 Å². The standard InChI is InChI=1S/C18H22BrN7O2/c19-13-5-6-15(14(10-13)16-21-23-24-22-16)20-17(27)12-4-3-9-26(11-12)18(28)25-7-1-2-8-25/h5-6,10,12H,1-4,7-9,11H2,(H,20,27)(H,21,22,23,24). The van der Waals surface area contributed by atoms with E-state index in [9.17, 15) is 9.59 Å². The van der Waals surface area contributed by atoms with E-state index in [0.717, 1.165) is 43.2 Å². The highest BCUT2D eigenvalue weighted by Crippen LogP contribution is 2.29. The molecule has 0 bridgehead atoms. The molecule has 0 saturated carbocycles. The molecule has 10 heteroatoms. The number of aromatic nitrogens is 4. The Morgan fingerprint density at radius 1 is 1.14 bits per heavy atom. The molecule has 0 aliphatic carbocycles. The number of amides is 3. The van der Waals surface area contributed by atoms with Gasteiger partial charge in [-0.3, -0.25) is 4.79 Å². The number of rotatable bonds is 3. The summed E-state index contributed by atoms with van der Waals surface area (Å²) in [6.45, 7) is 2.80. The van der Waals surface area contributed by atoms with Crippen molar-refractivity contribution in [3.63, 3.8) is 0 Å². The number of nitrogens with zero attached hydrogens (tertiary/aromatic N) is 5. The maximum atomic E-state index is 12.9. The first-order valence-corrected chi connectivity index (χ1v) is 10.3. The summed E-state index contributed by atoms with van der Waals surface area (Å²) < 4.78 is 0.852. The van der Waals surface area contributed by atoms with Gasteiger partial charge in [0.25, 0.3) is 0 Å². The lowest BCUT2D eigenvalue weighted by molar-refractivity contribution is -0.121. The van der Waals surface area contributed by atoms with Crippen LogP contribution in [0.4, 0.5) is 10.5 Å². The van der Waals surface area contributed by atoms with Crippen LogP contribution in [0.3, 0.4) is 0 Å². The summed E-state index contributed by atoms with van der Waals surface area (Å²) >= 11 is 3.43. The molecule has 0 radical (unpaired) electrons. The normalized spacial score (nSPS) is 19.7. The molecule has 1 aromatic heterocycles. The summed E-state index contributed by atoms with van der Waals surface area (Å²) in [7, 11) is 0. The van der Waals surface area contributed by atoms with Gasteiger partial charge < -0.3 is 15.1 Å². The zero-order chi connectivity index (χ0) is 19.5. The number of H-pyrrole nitrogens is 1. The molecule has 2 aromatic rings. The molecule has 2 fully saturated rings. The van der Waals surface area contributed by atoms with Gasteiger partial charge in [-0.25, -0.2) is 4.79 Å². The molecule has 2 aliphatic heterocycles. The summed E-state index contributed by atoms with van der Waals surface area (Å²) in [6.07, 6.45) is 3.72. The van der Waals surface area contributed by atoms with E-state index < -0.39 is 0 Å². The summed E-state index contributed by atoms with van der Waals surface area (Å²) in [4.78, 5) is 29.3. The maximum absolute atomic E-state index is 12.9. The van der Waals surface area contributed by atoms with Gasteiger partial charge >= 0.3 is 6.03 Å². The van der Waals surface area contributed by atoms with Crippen LogP contribution in [0.5, 0.6) is 0 Å². The van der Waals surface area contributed by atoms with Gasteiger partial charge in [-0.2, -0.15) is 5.21 Å². The van der Waals surface area contributed by atoms with Gasteiger partial charge in [-0.05, 0) is 49.1 Å². The molecule has 2 N–H and O–H groups in total. The lowest BCUT2D eigenvalue weighted by Crippen LogP contribution is -2.48. The molecule has 1 atom stereocenters. The molecule has 2 aliphatic rings. The number of tetrazole rings is 1. The molecule has 9 nitrogen and oxygen atoms in total. The largest absolute Gasteiger partial charge is 0.325 e. The minimum atomic E-state index is -0.234. The van der Waals surface area contributed by atoms with Crippen molar-refractivity contribution in [2.24, 2.45) is 5.92 Å². The van der Waals surface area contributed by atoms with Crippen molar-refractivity contribution in [2.45, 2.75) is 25.7 Å². The average molecular weight is 448 g/mol. The molecular formula is C18H22BrN7O2. The second-order valence-corrected chi connectivity index (χ2v) is 8.09. The number of benzene rings is 1. The van der Waals surface area contributed by atoms with Crippen molar-refractivity contribution in [1.29, 1.82) is 0 Å². The number of urea groups is 1. The lowest BCUT2D eigenvalue weighted by atomic mass is 9.97. The highest BCUT2D eigenvalue weighted by molar-refractivity contribution is 9.10. The predicted molar refractivity (Wildman–Crippen MR) is 106 cm³/mol. The molecular weight excluding hydrogens is 426 g/mol. The van der Waals surface area contributed by atoms with Gasteiger partial charge in [0.15, 0.2) is 0 Å². The van der Waals surface area contributed by atoms with E-state index in [0.29, 0.717) is 30.2 Å². The molecule has 0 spiro atoms. The third-order valence-electron chi connectivity index (χ3n) is 5.27. The Hall–Kier alpha value is -2.49. The zero-order valence-corrected chi connectivity index (χ0v) is 17.0. The number of anilines is 1. The summed E-state index contributed by atoms with van der Waals surface area (Å²) in [5.41, 5.74) is 1.30. The predicted octanol–water partition coefficient (Wildman–Crippen LogP) is 2.50. The molecule has 1 aromatic carbocycles. The number of carbonyl (C=O) groups is 2. The van der Waals surface area contributed by atoms with Crippen molar-refractivity contribution in [3.8, 4) is 11.4 Å². The fourth-order valence-corrected chi connectivity index (χ4v) is 4.16. The topological polar surface area (TPSA) is 107 Å². The van der Waals surface area contributed by atoms with Crippen LogP contribution >= 0.6 is 15.9 Å². The smallest absolute Gasteiger partial charge is 0.320 e. The van der Waals surface area contributed by atoms with Gasteiger partial charge in [0.2, 0.25) is 11.7 Å². The third-order valence-corrected chi connectivity index (χ3v) is 5.76. The first kappa shape index (κ1) is 18.9. The fraction of sp³-hybridized carbons (Fsp3) is 0.500. The van der Waals surface area contributed by atoms with Crippen LogP contribution in [-0.4, -0.2) is 68.5 Å². The number of hydrogen-bond donors (Lipinski definition) is 2. The van der Waals surface area contributed by atoms with Crippen molar-refractivity contribution in [3.05, 3.63) is 22.7 Å². The summed E-state index contributed by atoms with van der Waals surface area (Å²) in [5, 5.41) is 17.0. The Labute approximate surface area is 171 Å². The van der Waals surface area contributed by atoms with E-state index in [1.54, 1.807) is 0 Å². The van der Waals surface area contributed by atoms with Crippen LogP contribution in [0.2, 0.25) is 0 Å². The minimum absolute atomic E-state index is 0.0612. The molecule has 28 heavy (non-hydrogen) atoms. The summed E-state index contributed by atoms with van der Waals surface area (Å²) in [5.74, 6) is 0.0825. The van der Waals surface area contributed by atoms with Crippen molar-refractivity contribution < 1.29 is 9.59 Å². The van der Waals surface area contributed by atoms with E-state index >= 15 is 0 Å². The monoisotopic (exact) mass is 447 g/mol. The van der Waals surface area contributed by atoms with Gasteiger partial charge in [-0.15, -0.1) is 10.2 Å². The second-order valence-electron chi connectivity index (χ2n) is 7.18. The van der Waals surface area contributed by atoms with Crippen molar-refractivity contribution >= 4 is 33.6 Å². The van der Waals surface area contributed by atoms with Crippen LogP contribution in [-0.2, 0) is 4.79 Å². The molecule has 3 heterocycles. The minimum Gasteiger partial charge on any atom is -0.325 e. The Morgan fingerprint density at radius 2 is 1.93 bits per heavy atom. The van der Waals surface area contributed by atoms with Crippen molar-refractivity contribution in [1.82, 2.24) is 30.4 Å². The number of nitrogens with one attached hydrogen (secondary N) is 2. The molecule has 4 rings (SSSR count). The van der Waals surface area contributed by atoms with Gasteiger partial charge in [0.1, 0.15) is 0 Å². The third kappa shape index (κ3) is 4.01. The number of hydrogen-bond acceptors (Lipinski definition) is 5. The van der Waals surface area contributed by atoms with Gasteiger partial charge in [-0.1, -0.05) is 15.9 Å². The first-order chi connectivity index (χ1) is 13.6. The van der Waals surface area contributed by atoms with Gasteiger partial charge in [0.05, 0.1) is 11.6 Å². The second kappa shape index (κ2) is 8.26. The van der Waals surface area contributed by atoms with E-state index in [4.69, 9.17) is 0 Å². The van der Waals surface area contributed by atoms with Crippen molar-refractivity contribution in [2.75, 3.05) is 31.5 Å². The Kier molecular flexibility index (Phi) is 5.56. The number of halogens is 1. The number of piperidine rings is 1. The van der Waals surface area contributed by atoms with Crippen LogP contribution in [0.1, 0.15) is 25.7 Å². The average Bonchev–Trinajstić information content (AvgIpc) is 3.43. The lowest BCUT2D eigenvalue weighted by Gasteiger charge is -2.34. The summed E-state index contributed by atoms with van der Waals surface area (Å²) in [6, 6.07) is 5.56. The van der Waals surface area contributed by atoms with Crippen LogP contribution in [0, 0.1) is 5.92 Å². The number of likely N-dealkylation sites (tertiary alicyclic amines) is 2. The van der Waals surface area contributed by atoms with Gasteiger partial charge in [0, 0.05) is 36.2 Å². The zero-order valence-electron chi connectivity index (χ0n) is 15.4. The van der Waals surface area contributed by atoms with E-state index in [-0.39, 0.29) is 17.9 Å². The highest BCUT2D eigenvalue weighted by Gasteiger charge is 2.31. The number of aromatic amines is 1. The first-order valence-electron chi connectivity index (χ1n) is 9.50. The fourth-order valence-electron chi connectivity index (χ4n) is 3.79. The SMILES string of the molecule is O=C(Nc1ccc(Br)cc1-c1nn[nH]n1)C1CCCN(C(=O)N2CCCC2)C1. The van der Waals surface area contributed by atoms with Crippen LogP contribution < -0.4 is 5.32 Å². The molecule has 1 unspecified atom stereocenters. The number of carbonyl (C=O) groups excluding carboxylic acids is 2. The molecule has 148 valence electrons.